The third-order valence-corrected chi connectivity index (χ3v) is 8.07. The second kappa shape index (κ2) is 11.2. The van der Waals surface area contributed by atoms with Gasteiger partial charge in [-0.05, 0) is 51.8 Å². The molecule has 1 saturated heterocycles. The van der Waals surface area contributed by atoms with Gasteiger partial charge in [0.2, 0.25) is 5.91 Å². The van der Waals surface area contributed by atoms with Crippen LogP contribution in [0.1, 0.15) is 75.4 Å². The van der Waals surface area contributed by atoms with Crippen molar-refractivity contribution in [1.29, 1.82) is 5.26 Å². The number of hydrogen-bond donors (Lipinski definition) is 1. The maximum atomic E-state index is 15.0. The zero-order valence-corrected chi connectivity index (χ0v) is 23.8. The van der Waals surface area contributed by atoms with Crippen molar-refractivity contribution in [3.05, 3.63) is 69.5 Å². The van der Waals surface area contributed by atoms with Crippen LogP contribution in [-0.2, 0) is 15.1 Å². The van der Waals surface area contributed by atoms with Crippen LogP contribution in [0.2, 0.25) is 5.02 Å². The second-order valence-corrected chi connectivity index (χ2v) is 11.8. The number of carbonyl (C=O) groups excluding carboxylic acids is 1. The number of piperidine rings is 1. The van der Waals surface area contributed by atoms with Crippen molar-refractivity contribution in [2.24, 2.45) is 5.92 Å². The van der Waals surface area contributed by atoms with Gasteiger partial charge >= 0.3 is 0 Å². The lowest BCUT2D eigenvalue weighted by Gasteiger charge is -2.41. The van der Waals surface area contributed by atoms with Crippen molar-refractivity contribution < 1.29 is 18.3 Å². The first-order valence-electron chi connectivity index (χ1n) is 13.3. The predicted molar refractivity (Wildman–Crippen MR) is 147 cm³/mol. The summed E-state index contributed by atoms with van der Waals surface area (Å²) in [6, 6.07) is 7.39. The standard InChI is InChI=1S/C30H35ClF2N4O2/c1-6-20(23(17-35-29(3,4)5)21-8-7-19(32)15-25(21)33)28(38)37-13-10-30(11-14-37)27-22(26(39-30)9-12-34)16-24(31)18(2)36-27/h7-9,15-16,20,23,35H,6,10-11,13-14,17H2,1-5H3/b26-9+/t20-,23-/m1/s1. The van der Waals surface area contributed by atoms with Crippen LogP contribution in [0.25, 0.3) is 5.76 Å². The Morgan fingerprint density at radius 2 is 2.00 bits per heavy atom. The van der Waals surface area contributed by atoms with E-state index in [1.165, 1.54) is 18.2 Å². The first-order valence-corrected chi connectivity index (χ1v) is 13.7. The molecule has 1 aromatic carbocycles. The molecule has 1 spiro atoms. The van der Waals surface area contributed by atoms with Crippen LogP contribution in [0.15, 0.2) is 30.3 Å². The molecule has 2 atom stereocenters. The van der Waals surface area contributed by atoms with Gasteiger partial charge in [0.25, 0.3) is 0 Å². The van der Waals surface area contributed by atoms with Gasteiger partial charge in [-0.3, -0.25) is 9.78 Å². The van der Waals surface area contributed by atoms with Gasteiger partial charge in [0, 0.05) is 61.5 Å². The van der Waals surface area contributed by atoms with E-state index in [2.05, 4.69) is 5.32 Å². The number of nitrogens with one attached hydrogen (secondary N) is 1. The van der Waals surface area contributed by atoms with Crippen molar-refractivity contribution >= 4 is 23.3 Å². The van der Waals surface area contributed by atoms with Gasteiger partial charge in [-0.15, -0.1) is 0 Å². The summed E-state index contributed by atoms with van der Waals surface area (Å²) in [5.41, 5.74) is 1.46. The van der Waals surface area contributed by atoms with Gasteiger partial charge in [0.15, 0.2) is 5.60 Å². The fourth-order valence-corrected chi connectivity index (χ4v) is 5.73. The van der Waals surface area contributed by atoms with E-state index >= 15 is 0 Å². The normalized spacial score (nSPS) is 18.9. The Morgan fingerprint density at radius 1 is 1.31 bits per heavy atom. The molecule has 0 unspecified atom stereocenters. The highest BCUT2D eigenvalue weighted by Crippen LogP contribution is 2.49. The minimum atomic E-state index is -0.748. The highest BCUT2D eigenvalue weighted by atomic mass is 35.5. The fourth-order valence-electron chi connectivity index (χ4n) is 5.58. The van der Waals surface area contributed by atoms with Crippen LogP contribution in [0.5, 0.6) is 0 Å². The molecule has 2 aliphatic rings. The lowest BCUT2D eigenvalue weighted by atomic mass is 9.81. The number of aryl methyl sites for hydroxylation is 1. The van der Waals surface area contributed by atoms with Gasteiger partial charge in [-0.1, -0.05) is 24.6 Å². The molecule has 1 N–H and O–H groups in total. The Hall–Kier alpha value is -3.02. The summed E-state index contributed by atoms with van der Waals surface area (Å²) in [6.45, 7) is 11.0. The van der Waals surface area contributed by atoms with Gasteiger partial charge in [-0.2, -0.15) is 5.26 Å². The molecule has 0 radical (unpaired) electrons. The SMILES string of the molecule is CC[C@@H](C(=O)N1CCC2(CC1)O/C(=C/C#N)c1cc(Cl)c(C)nc12)[C@@H](CNC(C)(C)C)c1ccc(F)cc1F. The highest BCUT2D eigenvalue weighted by Gasteiger charge is 2.48. The van der Waals surface area contributed by atoms with E-state index in [9.17, 15) is 18.8 Å². The number of nitriles is 1. The number of carbonyl (C=O) groups is 1. The number of rotatable bonds is 6. The Bertz CT molecular complexity index is 1320. The van der Waals surface area contributed by atoms with E-state index in [0.717, 1.165) is 11.8 Å². The minimum absolute atomic E-state index is 0.0666. The molecule has 6 nitrogen and oxygen atoms in total. The summed E-state index contributed by atoms with van der Waals surface area (Å²) in [4.78, 5) is 20.5. The van der Waals surface area contributed by atoms with Crippen molar-refractivity contribution in [2.75, 3.05) is 19.6 Å². The summed E-state index contributed by atoms with van der Waals surface area (Å²) in [6.07, 6.45) is 2.85. The van der Waals surface area contributed by atoms with Crippen molar-refractivity contribution in [2.45, 2.75) is 70.9 Å². The zero-order valence-electron chi connectivity index (χ0n) is 23.1. The number of pyridine rings is 1. The average Bonchev–Trinajstić information content (AvgIpc) is 3.14. The molecule has 2 aromatic rings. The van der Waals surface area contributed by atoms with E-state index in [0.29, 0.717) is 66.5 Å². The van der Waals surface area contributed by atoms with Crippen molar-refractivity contribution in [3.63, 3.8) is 0 Å². The van der Waals surface area contributed by atoms with E-state index in [4.69, 9.17) is 21.3 Å². The average molecular weight is 557 g/mol. The number of hydrogen-bond acceptors (Lipinski definition) is 5. The molecule has 1 aromatic heterocycles. The summed E-state index contributed by atoms with van der Waals surface area (Å²) in [7, 11) is 0. The molecule has 208 valence electrons. The van der Waals surface area contributed by atoms with E-state index in [1.54, 1.807) is 6.07 Å². The van der Waals surface area contributed by atoms with E-state index in [-0.39, 0.29) is 11.4 Å². The Labute approximate surface area is 234 Å². The number of fused-ring (bicyclic) bond motifs is 2. The van der Waals surface area contributed by atoms with Crippen LogP contribution in [0.3, 0.4) is 0 Å². The number of benzene rings is 1. The number of amides is 1. The summed E-state index contributed by atoms with van der Waals surface area (Å²) in [5, 5.41) is 13.2. The summed E-state index contributed by atoms with van der Waals surface area (Å²) in [5.74, 6) is -1.90. The lowest BCUT2D eigenvalue weighted by molar-refractivity contribution is -0.140. The molecule has 2 aliphatic heterocycles. The Morgan fingerprint density at radius 3 is 2.59 bits per heavy atom. The number of halogens is 3. The second-order valence-electron chi connectivity index (χ2n) is 11.4. The largest absolute Gasteiger partial charge is 0.479 e. The van der Waals surface area contributed by atoms with Gasteiger partial charge in [-0.25, -0.2) is 8.78 Å². The molecule has 9 heteroatoms. The maximum absolute atomic E-state index is 15.0. The van der Waals surface area contributed by atoms with Crippen LogP contribution in [0.4, 0.5) is 8.78 Å². The van der Waals surface area contributed by atoms with Crippen molar-refractivity contribution in [3.8, 4) is 6.07 Å². The van der Waals surface area contributed by atoms with Crippen LogP contribution < -0.4 is 5.32 Å². The van der Waals surface area contributed by atoms with Crippen LogP contribution >= 0.6 is 11.6 Å². The maximum Gasteiger partial charge on any atom is 0.226 e. The first-order chi connectivity index (χ1) is 18.4. The monoisotopic (exact) mass is 556 g/mol. The van der Waals surface area contributed by atoms with Gasteiger partial charge in [0.1, 0.15) is 17.4 Å². The van der Waals surface area contributed by atoms with Gasteiger partial charge in [0.05, 0.1) is 28.6 Å². The Balaban J connectivity index is 1.59. The molecule has 0 aliphatic carbocycles. The topological polar surface area (TPSA) is 78.2 Å². The third kappa shape index (κ3) is 5.95. The van der Waals surface area contributed by atoms with Crippen molar-refractivity contribution in [1.82, 2.24) is 15.2 Å². The summed E-state index contributed by atoms with van der Waals surface area (Å²) >= 11 is 6.32. The third-order valence-electron chi connectivity index (χ3n) is 7.69. The summed E-state index contributed by atoms with van der Waals surface area (Å²) < 4.78 is 35.0. The molecular weight excluding hydrogens is 522 g/mol. The molecule has 0 bridgehead atoms. The molecule has 3 heterocycles. The molecule has 4 rings (SSSR count). The lowest BCUT2D eigenvalue weighted by Crippen LogP contribution is -2.49. The number of allylic oxidation sites excluding steroid dienone is 1. The Kier molecular flexibility index (Phi) is 8.34. The zero-order chi connectivity index (χ0) is 28.5. The predicted octanol–water partition coefficient (Wildman–Crippen LogP) is 6.23. The molecule has 1 amide bonds. The number of likely N-dealkylation sites (tertiary alicyclic amines) is 1. The number of aromatic nitrogens is 1. The quantitative estimate of drug-likeness (QED) is 0.427. The van der Waals surface area contributed by atoms with Gasteiger partial charge < -0.3 is 15.0 Å². The number of ether oxygens (including phenoxy) is 1. The van der Waals surface area contributed by atoms with E-state index in [1.807, 2.05) is 45.6 Å². The first kappa shape index (κ1) is 29.0. The molecule has 39 heavy (non-hydrogen) atoms. The highest BCUT2D eigenvalue weighted by molar-refractivity contribution is 6.31. The van der Waals surface area contributed by atoms with Crippen LogP contribution in [-0.4, -0.2) is 41.0 Å². The smallest absolute Gasteiger partial charge is 0.226 e. The molecular formula is C30H35ClF2N4O2. The minimum Gasteiger partial charge on any atom is -0.479 e. The molecule has 0 saturated carbocycles. The fraction of sp³-hybridized carbons (Fsp3) is 0.500. The van der Waals surface area contributed by atoms with Crippen LogP contribution in [0, 0.1) is 35.8 Å². The van der Waals surface area contributed by atoms with E-state index < -0.39 is 29.1 Å². The number of nitrogens with zero attached hydrogens (tertiary/aromatic N) is 3. The molecule has 1 fully saturated rings.